The molecule has 1 amide bonds. The van der Waals surface area contributed by atoms with E-state index in [1.54, 1.807) is 4.90 Å². The average Bonchev–Trinajstić information content (AvgIpc) is 3.09. The minimum Gasteiger partial charge on any atom is -0.381 e. The third kappa shape index (κ3) is 3.54. The van der Waals surface area contributed by atoms with E-state index in [2.05, 4.69) is 5.16 Å². The molecule has 1 aliphatic rings. The van der Waals surface area contributed by atoms with Gasteiger partial charge in [-0.15, -0.1) is 0 Å². The van der Waals surface area contributed by atoms with Gasteiger partial charge in [-0.25, -0.2) is 0 Å². The maximum Gasteiger partial charge on any atom is 0.267 e. The molecule has 2 aromatic rings. The van der Waals surface area contributed by atoms with E-state index in [0.717, 1.165) is 16.8 Å². The Bertz CT molecular complexity index is 755. The first-order valence-electron chi connectivity index (χ1n) is 8.49. The van der Waals surface area contributed by atoms with Crippen molar-refractivity contribution in [3.05, 3.63) is 70.7 Å². The topological polar surface area (TPSA) is 41.9 Å². The van der Waals surface area contributed by atoms with Gasteiger partial charge in [0.25, 0.3) is 5.91 Å². The predicted octanol–water partition coefficient (Wildman–Crippen LogP) is 4.10. The van der Waals surface area contributed by atoms with E-state index in [9.17, 15) is 4.79 Å². The van der Waals surface area contributed by atoms with Crippen LogP contribution in [0.3, 0.4) is 0 Å². The molecule has 0 aliphatic carbocycles. The van der Waals surface area contributed by atoms with E-state index in [1.165, 1.54) is 0 Å². The molecule has 0 spiro atoms. The van der Waals surface area contributed by atoms with Crippen molar-refractivity contribution in [2.24, 2.45) is 5.16 Å². The summed E-state index contributed by atoms with van der Waals surface area (Å²) in [5.41, 5.74) is 2.68. The number of halogens is 1. The van der Waals surface area contributed by atoms with Gasteiger partial charge >= 0.3 is 0 Å². The molecule has 1 aliphatic heterocycles. The second kappa shape index (κ2) is 7.70. The van der Waals surface area contributed by atoms with Gasteiger partial charge in [-0.1, -0.05) is 59.2 Å². The van der Waals surface area contributed by atoms with Crippen molar-refractivity contribution >= 4 is 23.2 Å². The van der Waals surface area contributed by atoms with E-state index in [-0.39, 0.29) is 11.8 Å². The Kier molecular flexibility index (Phi) is 5.39. The van der Waals surface area contributed by atoms with E-state index >= 15 is 0 Å². The molecule has 25 heavy (non-hydrogen) atoms. The molecule has 130 valence electrons. The minimum absolute atomic E-state index is 0.0356. The van der Waals surface area contributed by atoms with Crippen LogP contribution in [0.5, 0.6) is 0 Å². The average molecular weight is 357 g/mol. The largest absolute Gasteiger partial charge is 0.381 e. The first kappa shape index (κ1) is 17.5. The Morgan fingerprint density at radius 2 is 1.72 bits per heavy atom. The summed E-state index contributed by atoms with van der Waals surface area (Å²) in [5, 5.41) is 4.94. The molecule has 5 heteroatoms. The van der Waals surface area contributed by atoms with Crippen LogP contribution in [-0.2, 0) is 9.63 Å². The lowest BCUT2D eigenvalue weighted by Gasteiger charge is -2.25. The molecular weight excluding hydrogens is 336 g/mol. The maximum absolute atomic E-state index is 12.9. The molecule has 0 fully saturated rings. The fraction of sp³-hybridized carbons (Fsp3) is 0.300. The second-order valence-electron chi connectivity index (χ2n) is 5.91. The number of hydrogen-bond acceptors (Lipinski definition) is 3. The van der Waals surface area contributed by atoms with Crippen LogP contribution in [-0.4, -0.2) is 35.7 Å². The Balaban J connectivity index is 1.99. The van der Waals surface area contributed by atoms with Crippen molar-refractivity contribution in [2.75, 3.05) is 13.1 Å². The van der Waals surface area contributed by atoms with E-state index in [1.807, 2.05) is 68.4 Å². The van der Waals surface area contributed by atoms with Crippen molar-refractivity contribution in [3.63, 3.8) is 0 Å². The summed E-state index contributed by atoms with van der Waals surface area (Å²) in [4.78, 5) is 20.3. The molecule has 4 nitrogen and oxygen atoms in total. The van der Waals surface area contributed by atoms with E-state index in [4.69, 9.17) is 16.4 Å². The minimum atomic E-state index is -0.645. The van der Waals surface area contributed by atoms with Gasteiger partial charge in [0.15, 0.2) is 0 Å². The number of rotatable bonds is 5. The number of carbonyl (C=O) groups excluding carboxylic acids is 1. The fourth-order valence-electron chi connectivity index (χ4n) is 3.12. The Morgan fingerprint density at radius 3 is 2.32 bits per heavy atom. The van der Waals surface area contributed by atoms with Crippen LogP contribution in [0.25, 0.3) is 0 Å². The van der Waals surface area contributed by atoms with Gasteiger partial charge in [-0.3, -0.25) is 4.79 Å². The number of likely N-dealkylation sites (N-methyl/N-ethyl adjacent to an activating group) is 1. The summed E-state index contributed by atoms with van der Waals surface area (Å²) in [6.07, 6.45) is -0.645. The molecule has 3 rings (SSSR count). The standard InChI is InChI=1S/C20H21ClN2O2/c1-3-23(4-2)20(24)19-17(14-8-6-5-7-9-14)18(22-25-19)15-10-12-16(21)13-11-15/h5-13,17,19H,3-4H2,1-2H3/t17-,19-/m0/s1. The van der Waals surface area contributed by atoms with E-state index < -0.39 is 6.10 Å². The van der Waals surface area contributed by atoms with Crippen LogP contribution in [0.2, 0.25) is 5.02 Å². The molecule has 0 N–H and O–H groups in total. The Labute approximate surface area is 153 Å². The Hall–Kier alpha value is -2.33. The summed E-state index contributed by atoms with van der Waals surface area (Å²) in [5.74, 6) is -0.276. The zero-order valence-corrected chi connectivity index (χ0v) is 15.1. The summed E-state index contributed by atoms with van der Waals surface area (Å²) in [7, 11) is 0. The quantitative estimate of drug-likeness (QED) is 0.809. The lowest BCUT2D eigenvalue weighted by molar-refractivity contribution is -0.142. The Morgan fingerprint density at radius 1 is 1.08 bits per heavy atom. The van der Waals surface area contributed by atoms with Gasteiger partial charge in [-0.2, -0.15) is 0 Å². The third-order valence-corrected chi connectivity index (χ3v) is 4.73. The smallest absolute Gasteiger partial charge is 0.267 e. The van der Waals surface area contributed by atoms with Crippen LogP contribution in [0.1, 0.15) is 30.9 Å². The van der Waals surface area contributed by atoms with Crippen LogP contribution in [0.4, 0.5) is 0 Å². The number of carbonyl (C=O) groups is 1. The van der Waals surface area contributed by atoms with Gasteiger partial charge in [0.1, 0.15) is 0 Å². The highest BCUT2D eigenvalue weighted by Gasteiger charge is 2.42. The molecule has 0 saturated heterocycles. The van der Waals surface area contributed by atoms with Gasteiger partial charge in [-0.05, 0) is 31.5 Å². The molecule has 0 unspecified atom stereocenters. The molecule has 0 bridgehead atoms. The number of benzene rings is 2. The monoisotopic (exact) mass is 356 g/mol. The summed E-state index contributed by atoms with van der Waals surface area (Å²) in [6.45, 7) is 5.23. The zero-order chi connectivity index (χ0) is 17.8. The van der Waals surface area contributed by atoms with Crippen LogP contribution >= 0.6 is 11.6 Å². The molecule has 0 saturated carbocycles. The number of hydrogen-bond donors (Lipinski definition) is 0. The van der Waals surface area contributed by atoms with Gasteiger partial charge in [0.05, 0.1) is 11.6 Å². The van der Waals surface area contributed by atoms with Crippen molar-refractivity contribution in [1.29, 1.82) is 0 Å². The number of oxime groups is 1. The highest BCUT2D eigenvalue weighted by molar-refractivity contribution is 6.30. The summed E-state index contributed by atoms with van der Waals surface area (Å²) < 4.78 is 0. The molecule has 0 radical (unpaired) electrons. The third-order valence-electron chi connectivity index (χ3n) is 4.48. The lowest BCUT2D eigenvalue weighted by atomic mass is 9.85. The van der Waals surface area contributed by atoms with Crippen molar-refractivity contribution in [2.45, 2.75) is 25.9 Å². The van der Waals surface area contributed by atoms with Crippen molar-refractivity contribution in [3.8, 4) is 0 Å². The molecule has 1 heterocycles. The lowest BCUT2D eigenvalue weighted by Crippen LogP contribution is -2.42. The molecule has 2 aromatic carbocycles. The first-order chi connectivity index (χ1) is 12.2. The molecular formula is C20H21ClN2O2. The SMILES string of the molecule is CCN(CC)C(=O)[C@H]1ON=C(c2ccc(Cl)cc2)[C@@H]1c1ccccc1. The number of amides is 1. The highest BCUT2D eigenvalue weighted by Crippen LogP contribution is 2.33. The van der Waals surface area contributed by atoms with Crippen molar-refractivity contribution < 1.29 is 9.63 Å². The van der Waals surface area contributed by atoms with Crippen LogP contribution in [0.15, 0.2) is 59.8 Å². The van der Waals surface area contributed by atoms with Crippen LogP contribution < -0.4 is 0 Å². The first-order valence-corrected chi connectivity index (χ1v) is 8.86. The second-order valence-corrected chi connectivity index (χ2v) is 6.34. The molecule has 2 atom stereocenters. The van der Waals surface area contributed by atoms with Gasteiger partial charge < -0.3 is 9.74 Å². The summed E-state index contributed by atoms with van der Waals surface area (Å²) >= 11 is 6.00. The highest BCUT2D eigenvalue weighted by atomic mass is 35.5. The van der Waals surface area contributed by atoms with Crippen molar-refractivity contribution in [1.82, 2.24) is 4.90 Å². The van der Waals surface area contributed by atoms with E-state index in [0.29, 0.717) is 18.1 Å². The summed E-state index contributed by atoms with van der Waals surface area (Å²) in [6, 6.07) is 17.4. The van der Waals surface area contributed by atoms with Gasteiger partial charge in [0.2, 0.25) is 6.10 Å². The maximum atomic E-state index is 12.9. The normalized spacial score (nSPS) is 19.2. The number of nitrogens with zero attached hydrogens (tertiary/aromatic N) is 2. The predicted molar refractivity (Wildman–Crippen MR) is 100.0 cm³/mol. The molecule has 0 aromatic heterocycles. The van der Waals surface area contributed by atoms with Gasteiger partial charge in [0, 0.05) is 23.7 Å². The van der Waals surface area contributed by atoms with Crippen LogP contribution in [0, 0.1) is 0 Å². The zero-order valence-electron chi connectivity index (χ0n) is 14.4. The fourth-order valence-corrected chi connectivity index (χ4v) is 3.25.